The summed E-state index contributed by atoms with van der Waals surface area (Å²) < 4.78 is 30.1. The molecule has 0 saturated carbocycles. The number of benzene rings is 2. The molecule has 3 aromatic rings. The van der Waals surface area contributed by atoms with E-state index >= 15 is 0 Å². The van der Waals surface area contributed by atoms with E-state index < -0.39 is 10.0 Å². The van der Waals surface area contributed by atoms with E-state index in [1.165, 1.54) is 4.31 Å². The maximum Gasteiger partial charge on any atom is 0.243 e. The average Bonchev–Trinajstić information content (AvgIpc) is 3.27. The van der Waals surface area contributed by atoms with Gasteiger partial charge in [-0.2, -0.15) is 9.40 Å². The van der Waals surface area contributed by atoms with Crippen molar-refractivity contribution in [2.75, 3.05) is 18.4 Å². The van der Waals surface area contributed by atoms with Crippen LogP contribution in [0.2, 0.25) is 0 Å². The molecule has 0 radical (unpaired) electrons. The van der Waals surface area contributed by atoms with Crippen LogP contribution < -0.4 is 5.32 Å². The van der Waals surface area contributed by atoms with Gasteiger partial charge in [0.15, 0.2) is 5.82 Å². The van der Waals surface area contributed by atoms with E-state index in [1.54, 1.807) is 16.9 Å². The first-order valence-electron chi connectivity index (χ1n) is 11.2. The standard InChI is InChI=1S/C25H30N4O3S/c1-17-16-18(2)20(4)24(19(17)3)33(31,32)28-13-10-21(11-14-28)25(30)26-23-12-15-29(27-23)22-8-6-5-7-9-22/h5-9,12,15-16,21H,10-11,13-14H2,1-4H3,(H,26,27,30). The Kier molecular flexibility index (Phi) is 6.41. The Labute approximate surface area is 195 Å². The quantitative estimate of drug-likeness (QED) is 0.612. The zero-order chi connectivity index (χ0) is 23.8. The highest BCUT2D eigenvalue weighted by Crippen LogP contribution is 2.31. The fourth-order valence-electron chi connectivity index (χ4n) is 4.40. The van der Waals surface area contributed by atoms with Crippen LogP contribution in [-0.4, -0.2) is 41.5 Å². The normalized spacial score (nSPS) is 15.5. The predicted octanol–water partition coefficient (Wildman–Crippen LogP) is 4.15. The number of piperidine rings is 1. The van der Waals surface area contributed by atoms with E-state index in [0.29, 0.717) is 36.6 Å². The summed E-state index contributed by atoms with van der Waals surface area (Å²) in [6.45, 7) is 8.26. The molecule has 1 amide bonds. The molecule has 0 bridgehead atoms. The van der Waals surface area contributed by atoms with E-state index in [4.69, 9.17) is 0 Å². The number of hydrogen-bond acceptors (Lipinski definition) is 4. The lowest BCUT2D eigenvalue weighted by atomic mass is 9.97. The number of sulfonamides is 1. The van der Waals surface area contributed by atoms with Crippen LogP contribution in [0.5, 0.6) is 0 Å². The van der Waals surface area contributed by atoms with Gasteiger partial charge in [-0.25, -0.2) is 13.1 Å². The maximum absolute atomic E-state index is 13.5. The van der Waals surface area contributed by atoms with Crippen LogP contribution in [-0.2, 0) is 14.8 Å². The Morgan fingerprint density at radius 1 is 0.970 bits per heavy atom. The molecule has 2 heterocycles. The second-order valence-corrected chi connectivity index (χ2v) is 10.6. The highest BCUT2D eigenvalue weighted by Gasteiger charge is 2.34. The van der Waals surface area contributed by atoms with E-state index in [1.807, 2.05) is 64.1 Å². The zero-order valence-electron chi connectivity index (χ0n) is 19.5. The summed E-state index contributed by atoms with van der Waals surface area (Å²) >= 11 is 0. The SMILES string of the molecule is Cc1cc(C)c(C)c(S(=O)(=O)N2CCC(C(=O)Nc3ccn(-c4ccccc4)n3)CC2)c1C. The van der Waals surface area contributed by atoms with Crippen LogP contribution in [0.3, 0.4) is 0 Å². The van der Waals surface area contributed by atoms with E-state index in [0.717, 1.165) is 27.9 Å². The Hall–Kier alpha value is -2.97. The van der Waals surface area contributed by atoms with Gasteiger partial charge in [0.05, 0.1) is 10.6 Å². The monoisotopic (exact) mass is 466 g/mol. The third kappa shape index (κ3) is 4.58. The minimum Gasteiger partial charge on any atom is -0.309 e. The molecule has 1 N–H and O–H groups in total. The average molecular weight is 467 g/mol. The Bertz CT molecular complexity index is 1250. The minimum absolute atomic E-state index is 0.121. The van der Waals surface area contributed by atoms with Crippen molar-refractivity contribution in [2.45, 2.75) is 45.4 Å². The summed E-state index contributed by atoms with van der Waals surface area (Å²) in [7, 11) is -3.62. The van der Waals surface area contributed by atoms with Crippen LogP contribution in [0.25, 0.3) is 5.69 Å². The van der Waals surface area contributed by atoms with Gasteiger partial charge in [-0.1, -0.05) is 24.3 Å². The van der Waals surface area contributed by atoms with Crippen molar-refractivity contribution in [1.29, 1.82) is 0 Å². The van der Waals surface area contributed by atoms with Gasteiger partial charge in [0.1, 0.15) is 0 Å². The van der Waals surface area contributed by atoms with Crippen molar-refractivity contribution >= 4 is 21.7 Å². The van der Waals surface area contributed by atoms with Gasteiger partial charge >= 0.3 is 0 Å². The zero-order valence-corrected chi connectivity index (χ0v) is 20.3. The molecule has 0 aliphatic carbocycles. The summed E-state index contributed by atoms with van der Waals surface area (Å²) in [5.41, 5.74) is 4.45. The Morgan fingerprint density at radius 2 is 1.58 bits per heavy atom. The van der Waals surface area contributed by atoms with Gasteiger partial charge in [-0.3, -0.25) is 4.79 Å². The van der Waals surface area contributed by atoms with Crippen molar-refractivity contribution in [3.63, 3.8) is 0 Å². The highest BCUT2D eigenvalue weighted by molar-refractivity contribution is 7.89. The first kappa shape index (κ1) is 23.2. The predicted molar refractivity (Wildman–Crippen MR) is 129 cm³/mol. The molecule has 174 valence electrons. The molecule has 1 saturated heterocycles. The fourth-order valence-corrected chi connectivity index (χ4v) is 6.44. The van der Waals surface area contributed by atoms with Crippen molar-refractivity contribution in [2.24, 2.45) is 5.92 Å². The largest absolute Gasteiger partial charge is 0.309 e. The molecule has 1 aromatic heterocycles. The lowest BCUT2D eigenvalue weighted by Crippen LogP contribution is -2.42. The molecule has 0 spiro atoms. The second-order valence-electron chi connectivity index (χ2n) is 8.74. The first-order valence-corrected chi connectivity index (χ1v) is 12.6. The third-order valence-corrected chi connectivity index (χ3v) is 8.75. The van der Waals surface area contributed by atoms with Gasteiger partial charge in [-0.15, -0.1) is 0 Å². The number of aryl methyl sites for hydroxylation is 2. The molecule has 1 aliphatic rings. The topological polar surface area (TPSA) is 84.3 Å². The van der Waals surface area contributed by atoms with Crippen molar-refractivity contribution in [1.82, 2.24) is 14.1 Å². The van der Waals surface area contributed by atoms with Gasteiger partial charge in [0, 0.05) is 31.3 Å². The number of hydrogen-bond donors (Lipinski definition) is 1. The molecule has 0 atom stereocenters. The first-order chi connectivity index (χ1) is 15.7. The molecule has 8 heteroatoms. The number of amides is 1. The fraction of sp³-hybridized carbons (Fsp3) is 0.360. The minimum atomic E-state index is -3.62. The number of rotatable bonds is 5. The number of nitrogens with zero attached hydrogens (tertiary/aromatic N) is 3. The molecular formula is C25H30N4O3S. The third-order valence-electron chi connectivity index (χ3n) is 6.58. The smallest absolute Gasteiger partial charge is 0.243 e. The van der Waals surface area contributed by atoms with Gasteiger partial charge in [-0.05, 0) is 74.9 Å². The van der Waals surface area contributed by atoms with Crippen LogP contribution in [0.4, 0.5) is 5.82 Å². The number of carbonyl (C=O) groups excluding carboxylic acids is 1. The summed E-state index contributed by atoms with van der Waals surface area (Å²) in [5, 5.41) is 7.30. The van der Waals surface area contributed by atoms with E-state index in [2.05, 4.69) is 10.4 Å². The summed E-state index contributed by atoms with van der Waals surface area (Å²) in [6.07, 6.45) is 2.76. The Balaban J connectivity index is 1.42. The van der Waals surface area contributed by atoms with Crippen LogP contribution >= 0.6 is 0 Å². The van der Waals surface area contributed by atoms with Gasteiger partial charge in [0.2, 0.25) is 15.9 Å². The molecule has 1 fully saturated rings. The van der Waals surface area contributed by atoms with Crippen LogP contribution in [0.15, 0.2) is 53.6 Å². The number of nitrogens with one attached hydrogen (secondary N) is 1. The summed E-state index contributed by atoms with van der Waals surface area (Å²) in [6, 6.07) is 13.5. The Morgan fingerprint density at radius 3 is 2.18 bits per heavy atom. The van der Waals surface area contributed by atoms with Crippen molar-refractivity contribution < 1.29 is 13.2 Å². The lowest BCUT2D eigenvalue weighted by Gasteiger charge is -2.31. The number of carbonyl (C=O) groups is 1. The molecule has 0 unspecified atom stereocenters. The highest BCUT2D eigenvalue weighted by atomic mass is 32.2. The van der Waals surface area contributed by atoms with Crippen LogP contribution in [0, 0.1) is 33.6 Å². The summed E-state index contributed by atoms with van der Waals surface area (Å²) in [4.78, 5) is 13.2. The molecule has 1 aliphatic heterocycles. The van der Waals surface area contributed by atoms with Gasteiger partial charge < -0.3 is 5.32 Å². The lowest BCUT2D eigenvalue weighted by molar-refractivity contribution is -0.120. The second kappa shape index (κ2) is 9.11. The maximum atomic E-state index is 13.5. The summed E-state index contributed by atoms with van der Waals surface area (Å²) in [5.74, 6) is 0.115. The molecule has 33 heavy (non-hydrogen) atoms. The molecule has 7 nitrogen and oxygen atoms in total. The van der Waals surface area contributed by atoms with Gasteiger partial charge in [0.25, 0.3) is 0 Å². The number of anilines is 1. The van der Waals surface area contributed by atoms with Crippen LogP contribution in [0.1, 0.15) is 35.1 Å². The molecule has 2 aromatic carbocycles. The van der Waals surface area contributed by atoms with E-state index in [9.17, 15) is 13.2 Å². The van der Waals surface area contributed by atoms with Crippen molar-refractivity contribution in [3.05, 3.63) is 70.9 Å². The molecule has 4 rings (SSSR count). The number of aromatic nitrogens is 2. The van der Waals surface area contributed by atoms with Crippen molar-refractivity contribution in [3.8, 4) is 5.69 Å². The number of para-hydroxylation sites is 1. The molecular weight excluding hydrogens is 436 g/mol. The van der Waals surface area contributed by atoms with E-state index in [-0.39, 0.29) is 11.8 Å².